The third-order valence-electron chi connectivity index (χ3n) is 2.12. The van der Waals surface area contributed by atoms with Crippen LogP contribution in [0.2, 0.25) is 0 Å². The Kier molecular flexibility index (Phi) is 3.73. The Morgan fingerprint density at radius 3 is 2.89 bits per heavy atom. The predicted molar refractivity (Wildman–Crippen MR) is 67.9 cm³/mol. The first kappa shape index (κ1) is 13.0. The summed E-state index contributed by atoms with van der Waals surface area (Å²) in [4.78, 5) is 18.7. The zero-order chi connectivity index (χ0) is 13.8. The van der Waals surface area contributed by atoms with E-state index >= 15 is 0 Å². The van der Waals surface area contributed by atoms with Gasteiger partial charge in [-0.15, -0.1) is 0 Å². The van der Waals surface area contributed by atoms with Crippen LogP contribution in [0.25, 0.3) is 0 Å². The largest absolute Gasteiger partial charge is 0.478 e. The molecule has 0 aliphatic rings. The average Bonchev–Trinajstić information content (AvgIpc) is 2.41. The van der Waals surface area contributed by atoms with Gasteiger partial charge < -0.3 is 9.84 Å². The van der Waals surface area contributed by atoms with Crippen molar-refractivity contribution in [3.8, 4) is 17.8 Å². The maximum absolute atomic E-state index is 11.1. The highest BCUT2D eigenvalue weighted by Crippen LogP contribution is 2.26. The van der Waals surface area contributed by atoms with Crippen molar-refractivity contribution in [2.45, 2.75) is 0 Å². The lowest BCUT2D eigenvalue weighted by molar-refractivity contribution is 0.0694. The molecule has 0 saturated heterocycles. The number of carboxylic acid groups (broad SMARTS) is 1. The van der Waals surface area contributed by atoms with Gasteiger partial charge in [-0.05, 0) is 24.3 Å². The quantitative estimate of drug-likeness (QED) is 0.934. The van der Waals surface area contributed by atoms with Gasteiger partial charge in [-0.2, -0.15) is 10.2 Å². The second-order valence-corrected chi connectivity index (χ2v) is 4.30. The number of aromatic carboxylic acids is 1. The van der Waals surface area contributed by atoms with Crippen LogP contribution in [0.4, 0.5) is 0 Å². The molecule has 19 heavy (non-hydrogen) atoms. The summed E-state index contributed by atoms with van der Waals surface area (Å²) in [6.07, 6.45) is 1.36. The number of benzene rings is 1. The minimum absolute atomic E-state index is 0.0275. The van der Waals surface area contributed by atoms with Crippen LogP contribution in [-0.2, 0) is 0 Å². The van der Waals surface area contributed by atoms with Gasteiger partial charge in [0.2, 0.25) is 0 Å². The van der Waals surface area contributed by atoms with E-state index in [0.29, 0.717) is 4.47 Å². The summed E-state index contributed by atoms with van der Waals surface area (Å²) in [7, 11) is 0. The van der Waals surface area contributed by atoms with Crippen molar-refractivity contribution in [1.82, 2.24) is 9.97 Å². The van der Waals surface area contributed by atoms with Gasteiger partial charge in [-0.25, -0.2) is 9.78 Å². The van der Waals surface area contributed by atoms with E-state index in [9.17, 15) is 4.79 Å². The SMILES string of the molecule is N#Cc1ccnc(Oc2ccc(Br)cc2C(=O)O)n1. The van der Waals surface area contributed by atoms with E-state index in [2.05, 4.69) is 25.9 Å². The van der Waals surface area contributed by atoms with Crippen LogP contribution in [0.1, 0.15) is 16.1 Å². The van der Waals surface area contributed by atoms with Gasteiger partial charge in [0.05, 0.1) is 0 Å². The van der Waals surface area contributed by atoms with E-state index in [4.69, 9.17) is 15.1 Å². The van der Waals surface area contributed by atoms with Crippen molar-refractivity contribution in [3.63, 3.8) is 0 Å². The summed E-state index contributed by atoms with van der Waals surface area (Å²) < 4.78 is 5.91. The zero-order valence-corrected chi connectivity index (χ0v) is 11.0. The Morgan fingerprint density at radius 2 is 2.21 bits per heavy atom. The van der Waals surface area contributed by atoms with Crippen molar-refractivity contribution in [2.24, 2.45) is 0 Å². The van der Waals surface area contributed by atoms with Crippen molar-refractivity contribution >= 4 is 21.9 Å². The van der Waals surface area contributed by atoms with Gasteiger partial charge in [-0.3, -0.25) is 0 Å². The number of aromatic nitrogens is 2. The molecule has 0 fully saturated rings. The molecule has 0 atom stereocenters. The fourth-order valence-electron chi connectivity index (χ4n) is 1.31. The third-order valence-corrected chi connectivity index (χ3v) is 2.61. The monoisotopic (exact) mass is 319 g/mol. The number of nitriles is 1. The van der Waals surface area contributed by atoms with Gasteiger partial charge in [0.1, 0.15) is 23.1 Å². The van der Waals surface area contributed by atoms with Crippen molar-refractivity contribution in [1.29, 1.82) is 5.26 Å². The molecule has 1 N–H and O–H groups in total. The Labute approximate surface area is 116 Å². The van der Waals surface area contributed by atoms with Gasteiger partial charge in [0.25, 0.3) is 0 Å². The lowest BCUT2D eigenvalue weighted by atomic mass is 10.2. The number of carboxylic acids is 1. The molecule has 0 saturated carbocycles. The molecule has 6 nitrogen and oxygen atoms in total. The number of hydrogen-bond donors (Lipinski definition) is 1. The van der Waals surface area contributed by atoms with Gasteiger partial charge >= 0.3 is 12.0 Å². The zero-order valence-electron chi connectivity index (χ0n) is 9.37. The summed E-state index contributed by atoms with van der Waals surface area (Å²) >= 11 is 3.18. The van der Waals surface area contributed by atoms with E-state index in [1.54, 1.807) is 6.07 Å². The van der Waals surface area contributed by atoms with Crippen LogP contribution in [0.3, 0.4) is 0 Å². The highest BCUT2D eigenvalue weighted by atomic mass is 79.9. The second-order valence-electron chi connectivity index (χ2n) is 3.38. The van der Waals surface area contributed by atoms with E-state index in [1.165, 1.54) is 24.4 Å². The molecule has 2 rings (SSSR count). The summed E-state index contributed by atoms with van der Waals surface area (Å²) in [6.45, 7) is 0. The van der Waals surface area contributed by atoms with E-state index in [1.807, 2.05) is 6.07 Å². The maximum Gasteiger partial charge on any atom is 0.339 e. The summed E-state index contributed by atoms with van der Waals surface area (Å²) in [5.74, 6) is -1.03. The highest BCUT2D eigenvalue weighted by Gasteiger charge is 2.13. The topological polar surface area (TPSA) is 96.1 Å². The minimum atomic E-state index is -1.13. The number of halogens is 1. The highest BCUT2D eigenvalue weighted by molar-refractivity contribution is 9.10. The first-order valence-electron chi connectivity index (χ1n) is 5.04. The molecule has 94 valence electrons. The first-order valence-corrected chi connectivity index (χ1v) is 5.83. The lowest BCUT2D eigenvalue weighted by Gasteiger charge is -2.07. The summed E-state index contributed by atoms with van der Waals surface area (Å²) in [6, 6.07) is 7.71. The van der Waals surface area contributed by atoms with Crippen molar-refractivity contribution in [3.05, 3.63) is 46.2 Å². The molecule has 0 radical (unpaired) electrons. The summed E-state index contributed by atoms with van der Waals surface area (Å²) in [5.41, 5.74) is 0.110. The number of ether oxygens (including phenoxy) is 1. The molecule has 1 aromatic heterocycles. The molecule has 2 aromatic rings. The number of nitrogens with zero attached hydrogens (tertiary/aromatic N) is 3. The number of rotatable bonds is 3. The molecule has 0 aliphatic heterocycles. The lowest BCUT2D eigenvalue weighted by Crippen LogP contribution is -2.02. The molecular formula is C12H6BrN3O3. The van der Waals surface area contributed by atoms with Crippen LogP contribution in [0.5, 0.6) is 11.8 Å². The molecule has 0 amide bonds. The Bertz CT molecular complexity index is 682. The van der Waals surface area contributed by atoms with Crippen LogP contribution in [-0.4, -0.2) is 21.0 Å². The Balaban J connectivity index is 2.38. The Hall–Kier alpha value is -2.46. The fraction of sp³-hybridized carbons (Fsp3) is 0. The fourth-order valence-corrected chi connectivity index (χ4v) is 1.67. The number of hydrogen-bond acceptors (Lipinski definition) is 5. The standard InChI is InChI=1S/C12H6BrN3O3/c13-7-1-2-10(9(5-7)11(17)18)19-12-15-4-3-8(6-14)16-12/h1-5H,(H,17,18). The van der Waals surface area contributed by atoms with Crippen LogP contribution in [0, 0.1) is 11.3 Å². The molecule has 1 heterocycles. The van der Waals surface area contributed by atoms with E-state index in [0.717, 1.165) is 0 Å². The van der Waals surface area contributed by atoms with E-state index < -0.39 is 5.97 Å². The molecule has 7 heteroatoms. The van der Waals surface area contributed by atoms with Crippen LogP contribution < -0.4 is 4.74 Å². The minimum Gasteiger partial charge on any atom is -0.478 e. The molecule has 1 aromatic carbocycles. The molecular weight excluding hydrogens is 314 g/mol. The second kappa shape index (κ2) is 5.46. The summed E-state index contributed by atoms with van der Waals surface area (Å²) in [5, 5.41) is 17.8. The van der Waals surface area contributed by atoms with Crippen molar-refractivity contribution in [2.75, 3.05) is 0 Å². The molecule has 0 bridgehead atoms. The van der Waals surface area contributed by atoms with Gasteiger partial charge in [0, 0.05) is 10.7 Å². The van der Waals surface area contributed by atoms with Crippen molar-refractivity contribution < 1.29 is 14.6 Å². The van der Waals surface area contributed by atoms with Crippen LogP contribution >= 0.6 is 15.9 Å². The predicted octanol–water partition coefficient (Wildman–Crippen LogP) is 2.60. The third kappa shape index (κ3) is 3.05. The van der Waals surface area contributed by atoms with Gasteiger partial charge in [0.15, 0.2) is 0 Å². The Morgan fingerprint density at radius 1 is 1.42 bits per heavy atom. The van der Waals surface area contributed by atoms with Crippen LogP contribution in [0.15, 0.2) is 34.9 Å². The maximum atomic E-state index is 11.1. The van der Waals surface area contributed by atoms with E-state index in [-0.39, 0.29) is 23.0 Å². The average molecular weight is 320 g/mol. The molecule has 0 aliphatic carbocycles. The number of carbonyl (C=O) groups is 1. The molecule has 0 unspecified atom stereocenters. The molecule has 0 spiro atoms. The smallest absolute Gasteiger partial charge is 0.339 e. The normalized spacial score (nSPS) is 9.68. The first-order chi connectivity index (χ1) is 9.10. The van der Waals surface area contributed by atoms with Gasteiger partial charge in [-0.1, -0.05) is 15.9 Å².